The van der Waals surface area contributed by atoms with E-state index in [2.05, 4.69) is 63.8 Å². The molecule has 2 N–H and O–H groups in total. The minimum absolute atomic E-state index is 0. The van der Waals surface area contributed by atoms with Crippen LogP contribution in [0.25, 0.3) is 0 Å². The van der Waals surface area contributed by atoms with E-state index in [4.69, 9.17) is 0 Å². The molecule has 2 rings (SSSR count). The van der Waals surface area contributed by atoms with Gasteiger partial charge in [0.25, 0.3) is 0 Å². The monoisotopic (exact) mass is 412 g/mol. The van der Waals surface area contributed by atoms with Gasteiger partial charge in [0.05, 0.1) is 0 Å². The molecule has 0 unspecified atom stereocenters. The summed E-state index contributed by atoms with van der Waals surface area (Å²) in [4.78, 5) is 4.61. The minimum atomic E-state index is 0. The van der Waals surface area contributed by atoms with E-state index in [9.17, 15) is 0 Å². The van der Waals surface area contributed by atoms with Crippen molar-refractivity contribution >= 4 is 29.9 Å². The number of guanidine groups is 1. The maximum atomic E-state index is 4.61. The molecule has 0 radical (unpaired) electrons. The Bertz CT molecular complexity index is 523. The fourth-order valence-electron chi connectivity index (χ4n) is 2.11. The van der Waals surface area contributed by atoms with Crippen molar-refractivity contribution in [2.45, 2.75) is 19.9 Å². The molecule has 22 heavy (non-hydrogen) atoms. The lowest BCUT2D eigenvalue weighted by Gasteiger charge is -2.11. The standard InChI is InChI=1S/C17H24N4.HI/c1-2-18-17(20-12-15-21-13-6-7-14-21)19-11-10-16-8-4-3-5-9-16;/h3-9,13-14H,2,10-12,15H2,1H3,(H2,18,19,20);1H. The van der Waals surface area contributed by atoms with Crippen LogP contribution in [0, 0.1) is 0 Å². The van der Waals surface area contributed by atoms with Crippen LogP contribution >= 0.6 is 24.0 Å². The van der Waals surface area contributed by atoms with Crippen LogP contribution in [0.2, 0.25) is 0 Å². The molecule has 0 aliphatic heterocycles. The van der Waals surface area contributed by atoms with E-state index in [-0.39, 0.29) is 24.0 Å². The number of benzene rings is 1. The van der Waals surface area contributed by atoms with Gasteiger partial charge in [0.2, 0.25) is 0 Å². The van der Waals surface area contributed by atoms with E-state index >= 15 is 0 Å². The molecule has 0 amide bonds. The lowest BCUT2D eigenvalue weighted by atomic mass is 10.2. The third-order valence-electron chi connectivity index (χ3n) is 3.19. The number of hydrogen-bond acceptors (Lipinski definition) is 1. The van der Waals surface area contributed by atoms with E-state index in [1.807, 2.05) is 18.2 Å². The number of aliphatic imine (C=N–C) groups is 1. The predicted octanol–water partition coefficient (Wildman–Crippen LogP) is 2.90. The highest BCUT2D eigenvalue weighted by Crippen LogP contribution is 1.99. The average molecular weight is 412 g/mol. The van der Waals surface area contributed by atoms with Crippen LogP contribution in [-0.2, 0) is 13.0 Å². The number of rotatable bonds is 7. The van der Waals surface area contributed by atoms with Gasteiger partial charge in [-0.05, 0) is 31.0 Å². The SMILES string of the molecule is CCNC(=NCCc1ccccc1)NCCn1cccc1.I. The van der Waals surface area contributed by atoms with Gasteiger partial charge in [-0.15, -0.1) is 24.0 Å². The van der Waals surface area contributed by atoms with Crippen LogP contribution < -0.4 is 10.6 Å². The fourth-order valence-corrected chi connectivity index (χ4v) is 2.11. The van der Waals surface area contributed by atoms with Gasteiger partial charge in [-0.25, -0.2) is 0 Å². The van der Waals surface area contributed by atoms with Crippen molar-refractivity contribution in [3.05, 3.63) is 60.4 Å². The summed E-state index contributed by atoms with van der Waals surface area (Å²) in [5.74, 6) is 0.889. The van der Waals surface area contributed by atoms with Gasteiger partial charge >= 0.3 is 0 Å². The average Bonchev–Trinajstić information content (AvgIpc) is 3.02. The first kappa shape index (κ1) is 18.5. The molecule has 0 spiro atoms. The summed E-state index contributed by atoms with van der Waals surface area (Å²) in [6, 6.07) is 14.5. The predicted molar refractivity (Wildman–Crippen MR) is 104 cm³/mol. The molecule has 120 valence electrons. The van der Waals surface area contributed by atoms with Crippen molar-refractivity contribution < 1.29 is 0 Å². The minimum Gasteiger partial charge on any atom is -0.357 e. The smallest absolute Gasteiger partial charge is 0.191 e. The van der Waals surface area contributed by atoms with Crippen LogP contribution in [-0.4, -0.2) is 30.2 Å². The second kappa shape index (κ2) is 11.1. The molecule has 2 aromatic rings. The van der Waals surface area contributed by atoms with Crippen LogP contribution in [0.1, 0.15) is 12.5 Å². The van der Waals surface area contributed by atoms with Gasteiger partial charge in [0.1, 0.15) is 0 Å². The Morgan fingerprint density at radius 2 is 1.77 bits per heavy atom. The van der Waals surface area contributed by atoms with E-state index in [0.29, 0.717) is 0 Å². The first-order valence-corrected chi connectivity index (χ1v) is 7.55. The zero-order chi connectivity index (χ0) is 14.8. The Labute approximate surface area is 150 Å². The molecule has 4 nitrogen and oxygen atoms in total. The Morgan fingerprint density at radius 3 is 2.45 bits per heavy atom. The van der Waals surface area contributed by atoms with Crippen LogP contribution in [0.15, 0.2) is 59.9 Å². The van der Waals surface area contributed by atoms with Crippen LogP contribution in [0.5, 0.6) is 0 Å². The van der Waals surface area contributed by atoms with Crippen molar-refractivity contribution in [3.8, 4) is 0 Å². The molecule has 1 aromatic carbocycles. The van der Waals surface area contributed by atoms with Crippen molar-refractivity contribution in [2.75, 3.05) is 19.6 Å². The van der Waals surface area contributed by atoms with Gasteiger partial charge in [-0.3, -0.25) is 4.99 Å². The number of halogens is 1. The maximum absolute atomic E-state index is 4.61. The van der Waals surface area contributed by atoms with Gasteiger partial charge < -0.3 is 15.2 Å². The topological polar surface area (TPSA) is 41.4 Å². The second-order valence-electron chi connectivity index (χ2n) is 4.84. The molecule has 0 atom stereocenters. The molecular weight excluding hydrogens is 387 g/mol. The largest absolute Gasteiger partial charge is 0.357 e. The molecule has 0 saturated carbocycles. The zero-order valence-electron chi connectivity index (χ0n) is 13.0. The first-order valence-electron chi connectivity index (χ1n) is 7.55. The highest BCUT2D eigenvalue weighted by Gasteiger charge is 1.97. The highest BCUT2D eigenvalue weighted by molar-refractivity contribution is 14.0. The Balaban J connectivity index is 0.00000242. The summed E-state index contributed by atoms with van der Waals surface area (Å²) < 4.78 is 2.15. The van der Waals surface area contributed by atoms with Crippen molar-refractivity contribution in [3.63, 3.8) is 0 Å². The van der Waals surface area contributed by atoms with E-state index < -0.39 is 0 Å². The quantitative estimate of drug-likeness (QED) is 0.417. The summed E-state index contributed by atoms with van der Waals surface area (Å²) in [6.45, 7) is 5.56. The maximum Gasteiger partial charge on any atom is 0.191 e. The second-order valence-corrected chi connectivity index (χ2v) is 4.84. The molecule has 0 saturated heterocycles. The molecule has 0 bridgehead atoms. The number of nitrogens with one attached hydrogen (secondary N) is 2. The molecular formula is C17H25IN4. The Kier molecular flexibility index (Phi) is 9.37. The molecule has 0 fully saturated rings. The van der Waals surface area contributed by atoms with Gasteiger partial charge in [0.15, 0.2) is 5.96 Å². The summed E-state index contributed by atoms with van der Waals surface area (Å²) in [7, 11) is 0. The molecule has 1 aromatic heterocycles. The molecule has 5 heteroatoms. The summed E-state index contributed by atoms with van der Waals surface area (Å²) in [6.07, 6.45) is 5.11. The fraction of sp³-hybridized carbons (Fsp3) is 0.353. The van der Waals surface area contributed by atoms with Crippen molar-refractivity contribution in [2.24, 2.45) is 4.99 Å². The van der Waals surface area contributed by atoms with Crippen molar-refractivity contribution in [1.29, 1.82) is 0 Å². The molecule has 0 aliphatic rings. The van der Waals surface area contributed by atoms with E-state index in [0.717, 1.165) is 38.6 Å². The van der Waals surface area contributed by atoms with Gasteiger partial charge in [0, 0.05) is 38.6 Å². The molecule has 0 aliphatic carbocycles. The van der Waals surface area contributed by atoms with Crippen LogP contribution in [0.4, 0.5) is 0 Å². The molecule has 1 heterocycles. The van der Waals surface area contributed by atoms with E-state index in [1.54, 1.807) is 0 Å². The number of hydrogen-bond donors (Lipinski definition) is 2. The lowest BCUT2D eigenvalue weighted by molar-refractivity contribution is 0.665. The lowest BCUT2D eigenvalue weighted by Crippen LogP contribution is -2.39. The zero-order valence-corrected chi connectivity index (χ0v) is 15.4. The third-order valence-corrected chi connectivity index (χ3v) is 3.19. The van der Waals surface area contributed by atoms with Crippen molar-refractivity contribution in [1.82, 2.24) is 15.2 Å². The van der Waals surface area contributed by atoms with Crippen LogP contribution in [0.3, 0.4) is 0 Å². The van der Waals surface area contributed by atoms with E-state index in [1.165, 1.54) is 5.56 Å². The summed E-state index contributed by atoms with van der Waals surface area (Å²) >= 11 is 0. The first-order chi connectivity index (χ1) is 10.4. The van der Waals surface area contributed by atoms with Gasteiger partial charge in [-0.1, -0.05) is 30.3 Å². The number of aromatic nitrogens is 1. The highest BCUT2D eigenvalue weighted by atomic mass is 127. The normalized spacial score (nSPS) is 10.9. The van der Waals surface area contributed by atoms with Gasteiger partial charge in [-0.2, -0.15) is 0 Å². The Hall–Kier alpha value is -1.50. The summed E-state index contributed by atoms with van der Waals surface area (Å²) in [5.41, 5.74) is 1.32. The summed E-state index contributed by atoms with van der Waals surface area (Å²) in [5, 5.41) is 6.64. The Morgan fingerprint density at radius 1 is 1.05 bits per heavy atom. The third kappa shape index (κ3) is 6.98. The number of nitrogens with zero attached hydrogens (tertiary/aromatic N) is 2.